The highest BCUT2D eigenvalue weighted by molar-refractivity contribution is 6.30. The van der Waals surface area contributed by atoms with Crippen molar-refractivity contribution in [2.75, 3.05) is 13.1 Å². The summed E-state index contributed by atoms with van der Waals surface area (Å²) in [6.07, 6.45) is 1.65. The maximum Gasteiger partial charge on any atom is 0.253 e. The third kappa shape index (κ3) is 5.10. The van der Waals surface area contributed by atoms with Gasteiger partial charge in [-0.15, -0.1) is 12.4 Å². The van der Waals surface area contributed by atoms with E-state index in [-0.39, 0.29) is 30.1 Å². The molecule has 2 amide bonds. The number of nitrogens with one attached hydrogen (secondary N) is 2. The van der Waals surface area contributed by atoms with E-state index in [9.17, 15) is 9.59 Å². The highest BCUT2D eigenvalue weighted by Crippen LogP contribution is 2.21. The van der Waals surface area contributed by atoms with Gasteiger partial charge in [-0.2, -0.15) is 0 Å². The van der Waals surface area contributed by atoms with Crippen LogP contribution in [0.4, 0.5) is 0 Å². The Labute approximate surface area is 182 Å². The molecular weight excluding hydrogens is 409 g/mol. The number of piperidine rings is 1. The van der Waals surface area contributed by atoms with E-state index in [1.165, 1.54) is 11.1 Å². The molecule has 1 fully saturated rings. The van der Waals surface area contributed by atoms with Crippen LogP contribution in [0.15, 0.2) is 42.5 Å². The molecule has 1 atom stereocenters. The van der Waals surface area contributed by atoms with Gasteiger partial charge < -0.3 is 15.5 Å². The van der Waals surface area contributed by atoms with Gasteiger partial charge >= 0.3 is 0 Å². The van der Waals surface area contributed by atoms with E-state index in [2.05, 4.69) is 28.8 Å². The first-order valence-electron chi connectivity index (χ1n) is 9.74. The fourth-order valence-electron chi connectivity index (χ4n) is 3.94. The van der Waals surface area contributed by atoms with Crippen LogP contribution in [-0.4, -0.2) is 29.8 Å². The molecule has 7 heteroatoms. The number of carbonyl (C=O) groups is 2. The van der Waals surface area contributed by atoms with E-state index in [1.807, 2.05) is 0 Å². The molecule has 0 aromatic heterocycles. The first-order valence-corrected chi connectivity index (χ1v) is 10.1. The van der Waals surface area contributed by atoms with Crippen LogP contribution in [0.3, 0.4) is 0 Å². The largest absolute Gasteiger partial charge is 0.352 e. The summed E-state index contributed by atoms with van der Waals surface area (Å²) >= 11 is 5.90. The van der Waals surface area contributed by atoms with Crippen LogP contribution in [0.1, 0.15) is 39.9 Å². The van der Waals surface area contributed by atoms with E-state index in [4.69, 9.17) is 11.6 Å². The van der Waals surface area contributed by atoms with Crippen LogP contribution in [-0.2, 0) is 24.4 Å². The molecule has 0 bridgehead atoms. The van der Waals surface area contributed by atoms with E-state index < -0.39 is 0 Å². The number of hydrogen-bond donors (Lipinski definition) is 2. The van der Waals surface area contributed by atoms with Gasteiger partial charge in [0.05, 0.1) is 5.92 Å². The first-order chi connectivity index (χ1) is 13.6. The van der Waals surface area contributed by atoms with Crippen molar-refractivity contribution in [3.8, 4) is 0 Å². The number of likely N-dealkylation sites (tertiary alicyclic amines) is 1. The van der Waals surface area contributed by atoms with Crippen LogP contribution < -0.4 is 10.6 Å². The first kappa shape index (κ1) is 21.6. The van der Waals surface area contributed by atoms with Gasteiger partial charge in [0.15, 0.2) is 0 Å². The molecule has 1 saturated heterocycles. The number of halogens is 2. The maximum atomic E-state index is 12.7. The van der Waals surface area contributed by atoms with Gasteiger partial charge in [0.2, 0.25) is 5.91 Å². The zero-order valence-corrected chi connectivity index (χ0v) is 17.7. The van der Waals surface area contributed by atoms with E-state index in [1.54, 1.807) is 29.2 Å². The molecule has 154 valence electrons. The molecule has 0 spiro atoms. The zero-order chi connectivity index (χ0) is 19.5. The predicted octanol–water partition coefficient (Wildman–Crippen LogP) is 3.53. The lowest BCUT2D eigenvalue weighted by atomic mass is 9.96. The lowest BCUT2D eigenvalue weighted by molar-refractivity contribution is -0.126. The fourth-order valence-corrected chi connectivity index (χ4v) is 4.07. The van der Waals surface area contributed by atoms with E-state index in [0.29, 0.717) is 30.2 Å². The highest BCUT2D eigenvalue weighted by atomic mass is 35.5. The number of amides is 2. The van der Waals surface area contributed by atoms with Crippen LogP contribution in [0.5, 0.6) is 0 Å². The van der Waals surface area contributed by atoms with Gasteiger partial charge in [-0.1, -0.05) is 29.8 Å². The average molecular weight is 434 g/mol. The van der Waals surface area contributed by atoms with Crippen molar-refractivity contribution < 1.29 is 9.59 Å². The summed E-state index contributed by atoms with van der Waals surface area (Å²) in [5.41, 5.74) is 4.36. The van der Waals surface area contributed by atoms with Gasteiger partial charge in [0.25, 0.3) is 5.91 Å². The summed E-state index contributed by atoms with van der Waals surface area (Å²) in [4.78, 5) is 27.2. The number of fused-ring (bicyclic) bond motifs is 1. The summed E-state index contributed by atoms with van der Waals surface area (Å²) in [6, 6.07) is 13.3. The van der Waals surface area contributed by atoms with E-state index in [0.717, 1.165) is 31.5 Å². The molecule has 0 saturated carbocycles. The molecule has 4 rings (SSSR count). The summed E-state index contributed by atoms with van der Waals surface area (Å²) in [6.45, 7) is 3.47. The SMILES string of the molecule is Cl.O=C(NCc1ccc2c(c1)CNC2)C1CCCN(C(=O)c2ccc(Cl)cc2)C1. The number of benzene rings is 2. The van der Waals surface area contributed by atoms with Crippen molar-refractivity contribution in [3.63, 3.8) is 0 Å². The van der Waals surface area contributed by atoms with Crippen molar-refractivity contribution >= 4 is 35.8 Å². The Morgan fingerprint density at radius 2 is 1.86 bits per heavy atom. The number of carbonyl (C=O) groups excluding carboxylic acids is 2. The Morgan fingerprint density at radius 3 is 2.66 bits per heavy atom. The second kappa shape index (κ2) is 9.61. The topological polar surface area (TPSA) is 61.4 Å². The van der Waals surface area contributed by atoms with E-state index >= 15 is 0 Å². The predicted molar refractivity (Wildman–Crippen MR) is 116 cm³/mol. The summed E-state index contributed by atoms with van der Waals surface area (Å²) in [7, 11) is 0. The monoisotopic (exact) mass is 433 g/mol. The summed E-state index contributed by atoms with van der Waals surface area (Å²) in [5.74, 6) is -0.186. The minimum Gasteiger partial charge on any atom is -0.352 e. The van der Waals surface area contributed by atoms with Gasteiger partial charge in [-0.3, -0.25) is 9.59 Å². The van der Waals surface area contributed by atoms with Gasteiger partial charge in [-0.25, -0.2) is 0 Å². The van der Waals surface area contributed by atoms with Gasteiger partial charge in [-0.05, 0) is 53.8 Å². The molecule has 2 N–H and O–H groups in total. The third-order valence-electron chi connectivity index (χ3n) is 5.54. The number of nitrogens with zero attached hydrogens (tertiary/aromatic N) is 1. The third-order valence-corrected chi connectivity index (χ3v) is 5.79. The Balaban J connectivity index is 0.00000240. The molecule has 2 aliphatic heterocycles. The summed E-state index contributed by atoms with van der Waals surface area (Å²) in [5, 5.41) is 6.99. The van der Waals surface area contributed by atoms with Crippen LogP contribution >= 0.6 is 24.0 Å². The minimum atomic E-state index is -0.166. The Hall–Kier alpha value is -2.08. The fraction of sp³-hybridized carbons (Fsp3) is 0.364. The van der Waals surface area contributed by atoms with Crippen LogP contribution in [0, 0.1) is 5.92 Å². The molecule has 2 aliphatic rings. The second-order valence-corrected chi connectivity index (χ2v) is 7.96. The smallest absolute Gasteiger partial charge is 0.253 e. The van der Waals surface area contributed by atoms with Crippen LogP contribution in [0.25, 0.3) is 0 Å². The van der Waals surface area contributed by atoms with Crippen molar-refractivity contribution in [1.29, 1.82) is 0 Å². The maximum absolute atomic E-state index is 12.7. The quantitative estimate of drug-likeness (QED) is 0.774. The molecule has 5 nitrogen and oxygen atoms in total. The Kier molecular flexibility index (Phi) is 7.17. The Morgan fingerprint density at radius 1 is 1.10 bits per heavy atom. The standard InChI is InChI=1S/C22H24ClN3O2.ClH/c23-20-7-5-16(6-8-20)22(28)26-9-1-2-18(14-26)21(27)25-11-15-3-4-17-12-24-13-19(17)10-15;/h3-8,10,18,24H,1-2,9,11-14H2,(H,25,27);1H. The number of hydrogen-bond acceptors (Lipinski definition) is 3. The van der Waals surface area contributed by atoms with Gasteiger partial charge in [0.1, 0.15) is 0 Å². The molecule has 29 heavy (non-hydrogen) atoms. The molecule has 0 aliphatic carbocycles. The lowest BCUT2D eigenvalue weighted by Crippen LogP contribution is -2.45. The van der Waals surface area contributed by atoms with Crippen molar-refractivity contribution in [1.82, 2.24) is 15.5 Å². The molecule has 0 radical (unpaired) electrons. The second-order valence-electron chi connectivity index (χ2n) is 7.52. The lowest BCUT2D eigenvalue weighted by Gasteiger charge is -2.32. The highest BCUT2D eigenvalue weighted by Gasteiger charge is 2.28. The number of rotatable bonds is 4. The summed E-state index contributed by atoms with van der Waals surface area (Å²) < 4.78 is 0. The molecule has 2 aromatic carbocycles. The Bertz CT molecular complexity index is 886. The van der Waals surface area contributed by atoms with Crippen molar-refractivity contribution in [2.24, 2.45) is 5.92 Å². The molecule has 2 aromatic rings. The average Bonchev–Trinajstić information content (AvgIpc) is 3.20. The van der Waals surface area contributed by atoms with Crippen molar-refractivity contribution in [2.45, 2.75) is 32.5 Å². The normalized spacial score (nSPS) is 18.0. The molecular formula is C22H25Cl2N3O2. The minimum absolute atomic E-state index is 0. The molecule has 1 unspecified atom stereocenters. The van der Waals surface area contributed by atoms with Crippen LogP contribution in [0.2, 0.25) is 5.02 Å². The van der Waals surface area contributed by atoms with Gasteiger partial charge in [0, 0.05) is 43.3 Å². The molecule has 2 heterocycles. The van der Waals surface area contributed by atoms with Crippen molar-refractivity contribution in [3.05, 3.63) is 69.7 Å². The zero-order valence-electron chi connectivity index (χ0n) is 16.1.